The molecular weight excluding hydrogens is 402 g/mol. The molecule has 0 atom stereocenters. The summed E-state index contributed by atoms with van der Waals surface area (Å²) in [7, 11) is 0. The molecule has 188 valence electrons. The Morgan fingerprint density at radius 3 is 1.52 bits per heavy atom. The van der Waals surface area contributed by atoms with Crippen LogP contribution in [0.1, 0.15) is 153 Å². The van der Waals surface area contributed by atoms with Gasteiger partial charge < -0.3 is 0 Å². The molecule has 0 aliphatic heterocycles. The first-order chi connectivity index (χ1) is 16.3. The quantitative estimate of drug-likeness (QED) is 0.179. The number of aryl methyl sites for hydroxylation is 2. The lowest BCUT2D eigenvalue weighted by atomic mass is 9.98. The van der Waals surface area contributed by atoms with Crippen molar-refractivity contribution in [1.82, 2.24) is 15.4 Å². The van der Waals surface area contributed by atoms with E-state index in [0.717, 1.165) is 17.5 Å². The zero-order chi connectivity index (χ0) is 23.4. The van der Waals surface area contributed by atoms with E-state index in [9.17, 15) is 0 Å². The van der Waals surface area contributed by atoms with Crippen LogP contribution in [0, 0.1) is 0 Å². The summed E-state index contributed by atoms with van der Waals surface area (Å²) in [5, 5.41) is 11.6. The standard InChI is InChI=1S/C30H53N3/c1-3-5-7-9-11-13-15-17-19-21-23-27-25-28(30-29(26-27)31-33-32-30)24-22-20-18-16-14-12-10-8-6-4-2/h25-26H,3-24H2,1-2H3,(H,31,32,33). The van der Waals surface area contributed by atoms with Gasteiger partial charge in [0.1, 0.15) is 5.52 Å². The number of rotatable bonds is 22. The lowest BCUT2D eigenvalue weighted by Gasteiger charge is -2.08. The number of nitrogens with zero attached hydrogens (tertiary/aromatic N) is 2. The molecule has 33 heavy (non-hydrogen) atoms. The Hall–Kier alpha value is -1.38. The molecule has 0 bridgehead atoms. The topological polar surface area (TPSA) is 41.6 Å². The minimum absolute atomic E-state index is 1.06. The highest BCUT2D eigenvalue weighted by Gasteiger charge is 2.08. The minimum atomic E-state index is 1.06. The lowest BCUT2D eigenvalue weighted by Crippen LogP contribution is -1.94. The van der Waals surface area contributed by atoms with Crippen molar-refractivity contribution in [2.45, 2.75) is 155 Å². The van der Waals surface area contributed by atoms with Gasteiger partial charge in [-0.15, -0.1) is 5.10 Å². The van der Waals surface area contributed by atoms with Crippen LogP contribution in [-0.4, -0.2) is 15.4 Å². The second-order valence-electron chi connectivity index (χ2n) is 10.3. The Morgan fingerprint density at radius 2 is 1.00 bits per heavy atom. The van der Waals surface area contributed by atoms with Gasteiger partial charge in [-0.25, -0.2) is 0 Å². The smallest absolute Gasteiger partial charge is 0.113 e. The van der Waals surface area contributed by atoms with Crippen LogP contribution in [0.2, 0.25) is 0 Å². The van der Waals surface area contributed by atoms with Crippen LogP contribution in [0.5, 0.6) is 0 Å². The van der Waals surface area contributed by atoms with Crippen LogP contribution >= 0.6 is 0 Å². The van der Waals surface area contributed by atoms with Gasteiger partial charge in [-0.2, -0.15) is 0 Å². The average molecular weight is 456 g/mol. The number of aromatic amines is 1. The van der Waals surface area contributed by atoms with Crippen LogP contribution in [0.4, 0.5) is 0 Å². The SMILES string of the molecule is CCCCCCCCCCCCc1cc(CCCCCCCCCCCC)c2[nH]nnc2c1. The largest absolute Gasteiger partial charge is 0.257 e. The Kier molecular flexibility index (Phi) is 16.0. The third kappa shape index (κ3) is 12.6. The lowest BCUT2D eigenvalue weighted by molar-refractivity contribution is 0.555. The molecule has 0 radical (unpaired) electrons. The summed E-state index contributed by atoms with van der Waals surface area (Å²) in [6.45, 7) is 4.59. The molecule has 0 saturated heterocycles. The minimum Gasteiger partial charge on any atom is -0.257 e. The van der Waals surface area contributed by atoms with Crippen molar-refractivity contribution in [2.24, 2.45) is 0 Å². The molecule has 0 aliphatic carbocycles. The van der Waals surface area contributed by atoms with Crippen LogP contribution in [0.3, 0.4) is 0 Å². The van der Waals surface area contributed by atoms with Gasteiger partial charge in [0.25, 0.3) is 0 Å². The monoisotopic (exact) mass is 455 g/mol. The predicted octanol–water partition coefficient (Wildman–Crippen LogP) is 9.88. The third-order valence-electron chi connectivity index (χ3n) is 7.20. The van der Waals surface area contributed by atoms with Crippen molar-refractivity contribution in [1.29, 1.82) is 0 Å². The van der Waals surface area contributed by atoms with Crippen molar-refractivity contribution >= 4 is 11.0 Å². The van der Waals surface area contributed by atoms with E-state index < -0.39 is 0 Å². The molecule has 0 unspecified atom stereocenters. The molecule has 0 saturated carbocycles. The van der Waals surface area contributed by atoms with Gasteiger partial charge in [0.2, 0.25) is 0 Å². The molecule has 1 aromatic heterocycles. The first-order valence-corrected chi connectivity index (χ1v) is 14.7. The molecule has 0 aliphatic rings. The van der Waals surface area contributed by atoms with Crippen molar-refractivity contribution in [3.63, 3.8) is 0 Å². The predicted molar refractivity (Wildman–Crippen MR) is 145 cm³/mol. The average Bonchev–Trinajstić information content (AvgIpc) is 3.30. The van der Waals surface area contributed by atoms with E-state index in [1.165, 1.54) is 146 Å². The molecule has 0 fully saturated rings. The highest BCUT2D eigenvalue weighted by molar-refractivity contribution is 5.78. The van der Waals surface area contributed by atoms with Crippen molar-refractivity contribution < 1.29 is 0 Å². The second-order valence-corrected chi connectivity index (χ2v) is 10.3. The van der Waals surface area contributed by atoms with Crippen LogP contribution in [0.15, 0.2) is 12.1 Å². The van der Waals surface area contributed by atoms with Crippen molar-refractivity contribution in [3.05, 3.63) is 23.3 Å². The van der Waals surface area contributed by atoms with Gasteiger partial charge in [0.15, 0.2) is 0 Å². The number of H-pyrrole nitrogens is 1. The summed E-state index contributed by atoms with van der Waals surface area (Å²) in [5.74, 6) is 0. The van der Waals surface area contributed by atoms with Crippen LogP contribution in [0.25, 0.3) is 11.0 Å². The Morgan fingerprint density at radius 1 is 0.545 bits per heavy atom. The number of aromatic nitrogens is 3. The summed E-state index contributed by atoms with van der Waals surface area (Å²) in [6.07, 6.45) is 30.2. The molecule has 0 spiro atoms. The first-order valence-electron chi connectivity index (χ1n) is 14.7. The Bertz CT molecular complexity index is 706. The molecular formula is C30H53N3. The van der Waals surface area contributed by atoms with Crippen LogP contribution < -0.4 is 0 Å². The maximum absolute atomic E-state index is 4.33. The van der Waals surface area contributed by atoms with E-state index in [0.29, 0.717) is 0 Å². The fraction of sp³-hybridized carbons (Fsp3) is 0.800. The normalized spacial score (nSPS) is 11.6. The second kappa shape index (κ2) is 19.0. The van der Waals surface area contributed by atoms with Gasteiger partial charge in [0.05, 0.1) is 5.52 Å². The molecule has 3 heteroatoms. The maximum atomic E-state index is 4.33. The van der Waals surface area contributed by atoms with E-state index in [-0.39, 0.29) is 0 Å². The van der Waals surface area contributed by atoms with Crippen LogP contribution in [-0.2, 0) is 12.8 Å². The van der Waals surface area contributed by atoms with Gasteiger partial charge in [0, 0.05) is 0 Å². The number of nitrogens with one attached hydrogen (secondary N) is 1. The number of hydrogen-bond donors (Lipinski definition) is 1. The molecule has 1 aromatic carbocycles. The highest BCUT2D eigenvalue weighted by atomic mass is 15.3. The summed E-state index contributed by atoms with van der Waals surface area (Å²) in [4.78, 5) is 0. The van der Waals surface area contributed by atoms with E-state index in [4.69, 9.17) is 0 Å². The van der Waals surface area contributed by atoms with E-state index in [1.54, 1.807) is 0 Å². The number of hydrogen-bond acceptors (Lipinski definition) is 2. The van der Waals surface area contributed by atoms with E-state index >= 15 is 0 Å². The number of unbranched alkanes of at least 4 members (excludes halogenated alkanes) is 18. The Balaban J connectivity index is 1.60. The molecule has 2 aromatic rings. The van der Waals surface area contributed by atoms with Gasteiger partial charge >= 0.3 is 0 Å². The molecule has 2 rings (SSSR count). The van der Waals surface area contributed by atoms with Gasteiger partial charge in [-0.3, -0.25) is 5.10 Å². The fourth-order valence-corrected chi connectivity index (χ4v) is 5.05. The van der Waals surface area contributed by atoms with Crippen molar-refractivity contribution in [2.75, 3.05) is 0 Å². The molecule has 3 nitrogen and oxygen atoms in total. The first kappa shape index (κ1) is 27.9. The van der Waals surface area contributed by atoms with Gasteiger partial charge in [-0.05, 0) is 42.9 Å². The summed E-state index contributed by atoms with van der Waals surface area (Å²) in [5.41, 5.74) is 5.11. The zero-order valence-electron chi connectivity index (χ0n) is 22.1. The fourth-order valence-electron chi connectivity index (χ4n) is 5.05. The molecule has 1 heterocycles. The van der Waals surface area contributed by atoms with E-state index in [1.807, 2.05) is 0 Å². The van der Waals surface area contributed by atoms with Crippen molar-refractivity contribution in [3.8, 4) is 0 Å². The van der Waals surface area contributed by atoms with Gasteiger partial charge in [-0.1, -0.05) is 141 Å². The summed E-state index contributed by atoms with van der Waals surface area (Å²) in [6, 6.07) is 4.69. The molecule has 0 amide bonds. The van der Waals surface area contributed by atoms with E-state index in [2.05, 4.69) is 41.4 Å². The number of benzene rings is 1. The maximum Gasteiger partial charge on any atom is 0.113 e. The third-order valence-corrected chi connectivity index (χ3v) is 7.20. The number of fused-ring (bicyclic) bond motifs is 1. The summed E-state index contributed by atoms with van der Waals surface area (Å²) < 4.78 is 0. The summed E-state index contributed by atoms with van der Waals surface area (Å²) >= 11 is 0. The molecule has 1 N–H and O–H groups in total. The Labute approximate surface area is 204 Å². The zero-order valence-corrected chi connectivity index (χ0v) is 22.1. The highest BCUT2D eigenvalue weighted by Crippen LogP contribution is 2.22.